The molecule has 0 radical (unpaired) electrons. The number of nitrogens with one attached hydrogen (secondary N) is 1. The molecule has 0 atom stereocenters. The van der Waals surface area contributed by atoms with Crippen molar-refractivity contribution >= 4 is 26.9 Å². The highest BCUT2D eigenvalue weighted by molar-refractivity contribution is 7.90. The minimum atomic E-state index is -3.23. The van der Waals surface area contributed by atoms with E-state index in [9.17, 15) is 8.42 Å². The van der Waals surface area contributed by atoms with Crippen molar-refractivity contribution in [2.24, 2.45) is 0 Å². The van der Waals surface area contributed by atoms with Crippen LogP contribution in [0.1, 0.15) is 22.0 Å². The number of fused-ring (bicyclic) bond motifs is 1. The Kier molecular flexibility index (Phi) is 3.47. The SMILES string of the molecule is CS(=O)(=O)c1ccc(NCc2nc3c(s2)CCC3)cn1. The predicted molar refractivity (Wildman–Crippen MR) is 78.8 cm³/mol. The summed E-state index contributed by atoms with van der Waals surface area (Å²) in [5, 5.41) is 4.38. The molecule has 0 spiro atoms. The minimum Gasteiger partial charge on any atom is -0.377 e. The number of hydrogen-bond acceptors (Lipinski definition) is 6. The second-order valence-electron chi connectivity index (χ2n) is 4.84. The summed E-state index contributed by atoms with van der Waals surface area (Å²) >= 11 is 1.76. The van der Waals surface area contributed by atoms with Gasteiger partial charge in [0.1, 0.15) is 5.01 Å². The van der Waals surface area contributed by atoms with Crippen molar-refractivity contribution in [3.05, 3.63) is 33.9 Å². The summed E-state index contributed by atoms with van der Waals surface area (Å²) in [5.41, 5.74) is 2.05. The Labute approximate surface area is 122 Å². The maximum atomic E-state index is 11.3. The van der Waals surface area contributed by atoms with Gasteiger partial charge in [0.05, 0.1) is 24.1 Å². The quantitative estimate of drug-likeness (QED) is 0.936. The van der Waals surface area contributed by atoms with Crippen LogP contribution < -0.4 is 5.32 Å². The molecule has 0 unspecified atom stereocenters. The molecule has 0 bridgehead atoms. The van der Waals surface area contributed by atoms with Gasteiger partial charge in [-0.1, -0.05) is 0 Å². The van der Waals surface area contributed by atoms with Crippen molar-refractivity contribution < 1.29 is 8.42 Å². The highest BCUT2D eigenvalue weighted by Crippen LogP contribution is 2.27. The molecule has 1 aliphatic carbocycles. The van der Waals surface area contributed by atoms with E-state index in [0.717, 1.165) is 29.8 Å². The van der Waals surface area contributed by atoms with Crippen molar-refractivity contribution in [1.29, 1.82) is 0 Å². The fraction of sp³-hybridized carbons (Fsp3) is 0.385. The van der Waals surface area contributed by atoms with E-state index in [1.165, 1.54) is 29.3 Å². The van der Waals surface area contributed by atoms with Crippen molar-refractivity contribution in [3.8, 4) is 0 Å². The monoisotopic (exact) mass is 309 g/mol. The topological polar surface area (TPSA) is 72.0 Å². The Morgan fingerprint density at radius 3 is 2.85 bits per heavy atom. The van der Waals surface area contributed by atoms with Gasteiger partial charge in [-0.2, -0.15) is 0 Å². The standard InChI is InChI=1S/C13H15N3O2S2/c1-20(17,18)13-6-5-9(7-15-13)14-8-12-16-10-3-2-4-11(10)19-12/h5-7,14H,2-4,8H2,1H3. The summed E-state index contributed by atoms with van der Waals surface area (Å²) in [4.78, 5) is 9.96. The molecule has 3 rings (SSSR count). The first-order valence-corrected chi connectivity index (χ1v) is 9.10. The van der Waals surface area contributed by atoms with E-state index < -0.39 is 9.84 Å². The fourth-order valence-corrected chi connectivity index (χ4v) is 3.86. The summed E-state index contributed by atoms with van der Waals surface area (Å²) in [6.07, 6.45) is 6.16. The summed E-state index contributed by atoms with van der Waals surface area (Å²) in [6, 6.07) is 3.24. The number of nitrogens with zero attached hydrogens (tertiary/aromatic N) is 2. The molecule has 0 fully saturated rings. The number of pyridine rings is 1. The molecule has 0 saturated heterocycles. The largest absolute Gasteiger partial charge is 0.377 e. The van der Waals surface area contributed by atoms with Crippen LogP contribution in [0.2, 0.25) is 0 Å². The Morgan fingerprint density at radius 2 is 2.20 bits per heavy atom. The van der Waals surface area contributed by atoms with E-state index in [4.69, 9.17) is 0 Å². The Hall–Kier alpha value is -1.47. The Morgan fingerprint density at radius 1 is 1.35 bits per heavy atom. The van der Waals surface area contributed by atoms with E-state index in [2.05, 4.69) is 15.3 Å². The third kappa shape index (κ3) is 2.83. The molecule has 0 aromatic carbocycles. The second kappa shape index (κ2) is 5.14. The van der Waals surface area contributed by atoms with Crippen LogP contribution in [0.25, 0.3) is 0 Å². The zero-order valence-corrected chi connectivity index (χ0v) is 12.7. The number of hydrogen-bond donors (Lipinski definition) is 1. The van der Waals surface area contributed by atoms with Gasteiger partial charge in [-0.15, -0.1) is 11.3 Å². The highest BCUT2D eigenvalue weighted by Gasteiger charge is 2.16. The van der Waals surface area contributed by atoms with Crippen molar-refractivity contribution in [2.45, 2.75) is 30.8 Å². The average molecular weight is 309 g/mol. The van der Waals surface area contributed by atoms with Crippen LogP contribution >= 0.6 is 11.3 Å². The smallest absolute Gasteiger partial charge is 0.192 e. The number of aryl methyl sites for hydroxylation is 2. The maximum Gasteiger partial charge on any atom is 0.192 e. The van der Waals surface area contributed by atoms with E-state index in [1.54, 1.807) is 17.4 Å². The van der Waals surface area contributed by atoms with Gasteiger partial charge in [-0.3, -0.25) is 0 Å². The summed E-state index contributed by atoms with van der Waals surface area (Å²) in [5.74, 6) is 0. The van der Waals surface area contributed by atoms with E-state index in [0.29, 0.717) is 6.54 Å². The molecule has 1 N–H and O–H groups in total. The normalized spacial score (nSPS) is 14.2. The van der Waals surface area contributed by atoms with Crippen LogP contribution in [0.4, 0.5) is 5.69 Å². The first-order chi connectivity index (χ1) is 9.52. The average Bonchev–Trinajstić information content (AvgIpc) is 2.96. The van der Waals surface area contributed by atoms with E-state index in [-0.39, 0.29) is 5.03 Å². The van der Waals surface area contributed by atoms with Crippen LogP contribution in [-0.4, -0.2) is 24.6 Å². The number of rotatable bonds is 4. The molecule has 2 aromatic heterocycles. The van der Waals surface area contributed by atoms with Crippen molar-refractivity contribution in [3.63, 3.8) is 0 Å². The van der Waals surface area contributed by atoms with Gasteiger partial charge in [0.15, 0.2) is 14.9 Å². The molecule has 0 saturated carbocycles. The Balaban J connectivity index is 1.66. The Bertz CT molecular complexity index is 699. The van der Waals surface area contributed by atoms with E-state index >= 15 is 0 Å². The van der Waals surface area contributed by atoms with Crippen molar-refractivity contribution in [2.75, 3.05) is 11.6 Å². The first-order valence-electron chi connectivity index (χ1n) is 6.40. The van der Waals surface area contributed by atoms with Crippen LogP contribution in [0, 0.1) is 0 Å². The van der Waals surface area contributed by atoms with Gasteiger partial charge in [0.25, 0.3) is 0 Å². The molecule has 0 aliphatic heterocycles. The van der Waals surface area contributed by atoms with Gasteiger partial charge in [-0.05, 0) is 31.4 Å². The maximum absolute atomic E-state index is 11.3. The lowest BCUT2D eigenvalue weighted by Crippen LogP contribution is -2.03. The van der Waals surface area contributed by atoms with Gasteiger partial charge in [0, 0.05) is 11.1 Å². The molecular formula is C13H15N3O2S2. The van der Waals surface area contributed by atoms with Gasteiger partial charge in [-0.25, -0.2) is 18.4 Å². The second-order valence-corrected chi connectivity index (χ2v) is 7.97. The zero-order chi connectivity index (χ0) is 14.2. The molecule has 7 heteroatoms. The van der Waals surface area contributed by atoms with Gasteiger partial charge < -0.3 is 5.32 Å². The van der Waals surface area contributed by atoms with Crippen molar-refractivity contribution in [1.82, 2.24) is 9.97 Å². The lowest BCUT2D eigenvalue weighted by Gasteiger charge is -2.04. The molecule has 2 heterocycles. The van der Waals surface area contributed by atoms with Crippen LogP contribution in [0.15, 0.2) is 23.4 Å². The predicted octanol–water partition coefficient (Wildman–Crippen LogP) is 2.04. The fourth-order valence-electron chi connectivity index (χ4n) is 2.20. The molecule has 2 aromatic rings. The molecule has 1 aliphatic rings. The third-order valence-corrected chi connectivity index (χ3v) is 5.36. The summed E-state index contributed by atoms with van der Waals surface area (Å²) in [7, 11) is -3.23. The molecule has 5 nitrogen and oxygen atoms in total. The van der Waals surface area contributed by atoms with Gasteiger partial charge >= 0.3 is 0 Å². The molecule has 106 valence electrons. The van der Waals surface area contributed by atoms with Crippen LogP contribution in [0.5, 0.6) is 0 Å². The summed E-state index contributed by atoms with van der Waals surface area (Å²) in [6.45, 7) is 0.650. The number of anilines is 1. The van der Waals surface area contributed by atoms with E-state index in [1.807, 2.05) is 0 Å². The molecule has 20 heavy (non-hydrogen) atoms. The van der Waals surface area contributed by atoms with Crippen LogP contribution in [-0.2, 0) is 29.2 Å². The highest BCUT2D eigenvalue weighted by atomic mass is 32.2. The summed E-state index contributed by atoms with van der Waals surface area (Å²) < 4.78 is 22.6. The minimum absolute atomic E-state index is 0.0938. The lowest BCUT2D eigenvalue weighted by atomic mass is 10.4. The number of aromatic nitrogens is 2. The first kappa shape index (κ1) is 13.5. The lowest BCUT2D eigenvalue weighted by molar-refractivity contribution is 0.598. The number of thiazole rings is 1. The molecule has 0 amide bonds. The number of sulfone groups is 1. The molecular weight excluding hydrogens is 294 g/mol. The third-order valence-electron chi connectivity index (χ3n) is 3.20. The zero-order valence-electron chi connectivity index (χ0n) is 11.1. The van der Waals surface area contributed by atoms with Crippen LogP contribution in [0.3, 0.4) is 0 Å². The van der Waals surface area contributed by atoms with Gasteiger partial charge in [0.2, 0.25) is 0 Å².